The Labute approximate surface area is 777 Å². The average Bonchev–Trinajstić information content (AvgIpc) is 1.60. The Morgan fingerprint density at radius 1 is 0.447 bits per heavy atom. The Hall–Kier alpha value is -12.0. The number of benzene rings is 10. The van der Waals surface area contributed by atoms with E-state index in [4.69, 9.17) is 101 Å². The van der Waals surface area contributed by atoms with E-state index in [-0.39, 0.29) is 68.3 Å². The molecule has 10 aromatic rings. The maximum atomic E-state index is 14.1. The summed E-state index contributed by atoms with van der Waals surface area (Å²) in [6.07, 6.45) is -15.1. The molecule has 0 radical (unpaired) electrons. The number of ether oxygens (including phenoxy) is 11. The van der Waals surface area contributed by atoms with Crippen molar-refractivity contribution in [1.29, 1.82) is 0 Å². The molecule has 24 nitrogen and oxygen atoms in total. The van der Waals surface area contributed by atoms with Crippen molar-refractivity contribution >= 4 is 120 Å². The summed E-state index contributed by atoms with van der Waals surface area (Å²) < 4.78 is 202. The summed E-state index contributed by atoms with van der Waals surface area (Å²) in [7, 11) is 8.95. The molecule has 0 saturated heterocycles. The van der Waals surface area contributed by atoms with E-state index in [1.54, 1.807) is 116 Å². The van der Waals surface area contributed by atoms with Crippen LogP contribution in [0, 0.1) is 0 Å². The summed E-state index contributed by atoms with van der Waals surface area (Å²) in [5.41, 5.74) is 15.4. The maximum absolute atomic E-state index is 14.1. The molecule has 41 heteroatoms. The average molecular weight is 2000 g/mol. The molecule has 132 heavy (non-hydrogen) atoms. The zero-order valence-corrected chi connectivity index (χ0v) is 75.5. The molecule has 0 saturated carbocycles. The number of nitrogens with one attached hydrogen (secondary N) is 2. The molecule has 10 aromatic carbocycles. The molecule has 2 unspecified atom stereocenters. The van der Waals surface area contributed by atoms with Crippen LogP contribution in [-0.2, 0) is 64.1 Å². The fraction of sp³-hybridized carbons (Fsp3) is 0.297. The van der Waals surface area contributed by atoms with Crippen LogP contribution in [0.4, 0.5) is 86.8 Å². The number of aliphatic hydroxyl groups is 2. The van der Waals surface area contributed by atoms with Gasteiger partial charge in [-0.3, -0.25) is 19.2 Å². The van der Waals surface area contributed by atoms with Crippen LogP contribution in [0.3, 0.4) is 0 Å². The molecule has 4 heterocycles. The Morgan fingerprint density at radius 2 is 0.864 bits per heavy atom. The molecule has 3 amide bonds. The number of nitrogens with zero attached hydrogens (tertiary/aromatic N) is 3. The molecule has 7 N–H and O–H groups in total. The number of aryl methyl sites for hydroxylation is 1. The number of carbonyl (C=O) groups excluding carboxylic acids is 3. The van der Waals surface area contributed by atoms with Gasteiger partial charge in [0, 0.05) is 141 Å². The highest BCUT2D eigenvalue weighted by molar-refractivity contribution is 9.09. The van der Waals surface area contributed by atoms with Gasteiger partial charge in [0.25, 0.3) is 5.91 Å². The molecule has 4 aliphatic heterocycles. The highest BCUT2D eigenvalue weighted by atomic mass is 79.9. The van der Waals surface area contributed by atoms with Crippen LogP contribution in [0.25, 0.3) is 0 Å². The highest BCUT2D eigenvalue weighted by Gasteiger charge is 2.39. The third kappa shape index (κ3) is 30.8. The minimum atomic E-state index is -4.87. The number of amides is 3. The molecule has 0 bridgehead atoms. The zero-order chi connectivity index (χ0) is 96.5. The van der Waals surface area contributed by atoms with Gasteiger partial charge in [-0.2, -0.15) is 0 Å². The molecule has 14 rings (SSSR count). The number of nitrogens with two attached hydrogens (primary N) is 1. The number of hydrogen-bond acceptors (Lipinski definition) is 20. The number of carbonyl (C=O) groups is 4. The van der Waals surface area contributed by atoms with Crippen LogP contribution >= 0.6 is 62.3 Å². The van der Waals surface area contributed by atoms with E-state index in [2.05, 4.69) is 45.5 Å². The van der Waals surface area contributed by atoms with E-state index in [0.29, 0.717) is 143 Å². The van der Waals surface area contributed by atoms with Crippen LogP contribution in [0.2, 0.25) is 20.1 Å². The molecular weight excluding hydrogens is 1910 g/mol. The van der Waals surface area contributed by atoms with E-state index in [1.165, 1.54) is 111 Å². The molecule has 0 aromatic heterocycles. The molecule has 0 aliphatic carbocycles. The SMILES string of the molecule is COc1cc(Cl)ccc1C(Br)C(=O)N1CCc2ccc(OC(F)(F)F)cc21.COc1cc(Cl)ccc1CC(=O)N1CCc2ccc(OC(F)(F)F)cc21.COc1cc(Cl)ccc1CC(=O)O.COc1cc(N)cc(CCCO)c1.COc1cc(NC(C(=O)N2CCc3ccc(OC(F)(F)F)cc32)c2ccc(Cl)cc2OC)cc(OCCO)c1.FC(F)(F)Oc1ccc2c(c1)NCC2. The van der Waals surface area contributed by atoms with Crippen molar-refractivity contribution in [2.24, 2.45) is 0 Å². The largest absolute Gasteiger partial charge is 0.573 e. The first kappa shape index (κ1) is 104. The third-order valence-electron chi connectivity index (χ3n) is 19.7. The number of alkyl halides is 13. The topological polar surface area (TPSA) is 290 Å². The van der Waals surface area contributed by atoms with Gasteiger partial charge >= 0.3 is 31.4 Å². The first-order valence-corrected chi connectivity index (χ1v) is 42.1. The zero-order valence-electron chi connectivity index (χ0n) is 70.9. The van der Waals surface area contributed by atoms with Gasteiger partial charge in [-0.15, -0.1) is 52.7 Å². The highest BCUT2D eigenvalue weighted by Crippen LogP contribution is 2.44. The Balaban J connectivity index is 0.000000187. The number of aliphatic hydroxyl groups excluding tert-OH is 2. The van der Waals surface area contributed by atoms with Crippen LogP contribution in [-0.4, -0.2) is 153 Å². The molecule has 0 fully saturated rings. The normalized spacial score (nSPS) is 13.1. The number of carboxylic acid groups (broad SMARTS) is 1. The maximum Gasteiger partial charge on any atom is 0.573 e. The van der Waals surface area contributed by atoms with Crippen LogP contribution < -0.4 is 83.2 Å². The minimum Gasteiger partial charge on any atom is -0.497 e. The smallest absolute Gasteiger partial charge is 0.497 e. The quantitative estimate of drug-likeness (QED) is 0.0167. The summed E-state index contributed by atoms with van der Waals surface area (Å²) in [4.78, 5) is 53.8. The van der Waals surface area contributed by atoms with Crippen molar-refractivity contribution in [3.63, 3.8) is 0 Å². The van der Waals surface area contributed by atoms with Gasteiger partial charge in [0.15, 0.2) is 0 Å². The second-order valence-corrected chi connectivity index (χ2v) is 31.3. The van der Waals surface area contributed by atoms with Crippen molar-refractivity contribution in [2.75, 3.05) is 120 Å². The number of carboxylic acids is 1. The van der Waals surface area contributed by atoms with Gasteiger partial charge in [0.05, 0.1) is 79.2 Å². The Bertz CT molecular complexity index is 5650. The lowest BCUT2D eigenvalue weighted by molar-refractivity contribution is -0.275. The number of anilines is 6. The predicted molar refractivity (Wildman–Crippen MR) is 476 cm³/mol. The summed E-state index contributed by atoms with van der Waals surface area (Å²) in [6.45, 7) is 1.84. The number of hydrogen-bond donors (Lipinski definition) is 6. The standard InChI is InChI=1S/C27H26ClF3N2O6.C18H14BrClF3NO3.C18H15ClF3NO3.C10H15NO2.C9H9ClO3.C9H8F3NO/c1-36-20-12-18(13-21(14-20)38-10-9-34)32-25(22-6-4-17(28)11-24(22)37-2)26(35)33-8-7-16-3-5-19(15-23(16)33)39-27(29,30)31;1-26-15-8-11(20)3-5-13(15)16(19)17(25)24-7-6-10-2-4-12(9-14(10)24)27-18(21,22)23;1-25-16-9-13(19)4-2-12(16)8-17(24)23-7-6-11-3-5-14(10-15(11)23)26-18(20,21)22;1-13-10-6-8(3-2-4-12)5-9(11)7-10;1-13-8-5-7(10)3-2-6(8)4-9(11)12;10-9(11,12)14-7-2-1-6-3-4-13-8(6)5-7/h3-6,11-15,25,32,34H,7-10H2,1-2H3;2-5,8-9,16H,6-7H2,1H3;2-5,9-10H,6-8H2,1H3;5-7,12H,2-4,11H2,1H3;2-3,5H,4H2,1H3,(H,11,12);1-2,5,13H,3-4H2. The summed E-state index contributed by atoms with van der Waals surface area (Å²) in [6, 6.07) is 45.4. The van der Waals surface area contributed by atoms with Crippen LogP contribution in [0.5, 0.6) is 63.2 Å². The Morgan fingerprint density at radius 3 is 1.33 bits per heavy atom. The van der Waals surface area contributed by atoms with Gasteiger partial charge < -0.3 is 98.5 Å². The van der Waals surface area contributed by atoms with E-state index >= 15 is 0 Å². The monoisotopic (exact) mass is 2000 g/mol. The molecule has 4 aliphatic rings. The Kier molecular flexibility index (Phi) is 37.2. The molecule has 0 spiro atoms. The van der Waals surface area contributed by atoms with Crippen molar-refractivity contribution in [3.8, 4) is 63.2 Å². The summed E-state index contributed by atoms with van der Waals surface area (Å²) >= 11 is 27.1. The lowest BCUT2D eigenvalue weighted by Crippen LogP contribution is -2.37. The van der Waals surface area contributed by atoms with Crippen molar-refractivity contribution in [2.45, 2.75) is 87.7 Å². The first-order valence-electron chi connectivity index (χ1n) is 39.6. The predicted octanol–water partition coefficient (Wildman–Crippen LogP) is 20.8. The lowest BCUT2D eigenvalue weighted by Gasteiger charge is -2.27. The fourth-order valence-corrected chi connectivity index (χ4v) is 15.2. The van der Waals surface area contributed by atoms with Crippen LogP contribution in [0.1, 0.15) is 67.4 Å². The summed E-state index contributed by atoms with van der Waals surface area (Å²) in [5, 5.41) is 34.4. The van der Waals surface area contributed by atoms with Gasteiger partial charge in [0.1, 0.15) is 80.7 Å². The lowest BCUT2D eigenvalue weighted by atomic mass is 10.0. The number of nitrogen functional groups attached to an aromatic ring is 1. The number of aliphatic carboxylic acids is 1. The van der Waals surface area contributed by atoms with Crippen molar-refractivity contribution < 1.29 is 139 Å². The van der Waals surface area contributed by atoms with E-state index in [1.807, 2.05) is 12.1 Å². The van der Waals surface area contributed by atoms with Crippen molar-refractivity contribution in [1.82, 2.24) is 0 Å². The number of methoxy groups -OCH3 is 6. The van der Waals surface area contributed by atoms with E-state index in [0.717, 1.165) is 59.5 Å². The second-order valence-electron chi connectivity index (χ2n) is 28.6. The number of fused-ring (bicyclic) bond motifs is 4. The molecular formula is C91H87BrCl4F12N6O18. The molecule has 708 valence electrons. The third-order valence-corrected chi connectivity index (χ3v) is 21.5. The van der Waals surface area contributed by atoms with E-state index < -0.39 is 53.9 Å². The van der Waals surface area contributed by atoms with Gasteiger partial charge in [-0.05, 0) is 151 Å². The second kappa shape index (κ2) is 47.4. The van der Waals surface area contributed by atoms with Crippen LogP contribution in [0.15, 0.2) is 182 Å². The number of rotatable bonds is 26. The van der Waals surface area contributed by atoms with Gasteiger partial charge in [0.2, 0.25) is 11.8 Å². The number of halogens is 17. The van der Waals surface area contributed by atoms with Crippen molar-refractivity contribution in [3.05, 3.63) is 252 Å². The summed E-state index contributed by atoms with van der Waals surface area (Å²) in [5.74, 6) is 0.153. The molecule has 2 atom stereocenters. The van der Waals surface area contributed by atoms with Gasteiger partial charge in [-0.25, -0.2) is 0 Å². The van der Waals surface area contributed by atoms with Gasteiger partial charge in [-0.1, -0.05) is 111 Å². The van der Waals surface area contributed by atoms with E-state index in [9.17, 15) is 71.9 Å². The first-order chi connectivity index (χ1) is 62.5. The fourth-order valence-electron chi connectivity index (χ4n) is 13.9. The minimum absolute atomic E-state index is 0.0458.